The minimum Gasteiger partial charge on any atom is -0.490 e. The van der Waals surface area contributed by atoms with Crippen LogP contribution in [0.2, 0.25) is 0 Å². The molecule has 9 nitrogen and oxygen atoms in total. The Bertz CT molecular complexity index is 915. The topological polar surface area (TPSA) is 120 Å². The molecule has 0 aromatic heterocycles. The lowest BCUT2D eigenvalue weighted by atomic mass is 10.1. The predicted octanol–water partition coefficient (Wildman–Crippen LogP) is 3.00. The Morgan fingerprint density at radius 1 is 1.07 bits per heavy atom. The number of nitrogens with one attached hydrogen (secondary N) is 2. The summed E-state index contributed by atoms with van der Waals surface area (Å²) in [7, 11) is 0. The van der Waals surface area contributed by atoms with E-state index >= 15 is 0 Å². The van der Waals surface area contributed by atoms with Gasteiger partial charge in [-0.05, 0) is 44.5 Å². The molecule has 0 unspecified atom stereocenters. The molecule has 0 aliphatic carbocycles. The molecular weight excluding hydrogens is 390 g/mol. The maximum Gasteiger partial charge on any atom is 0.270 e. The average Bonchev–Trinajstić information content (AvgIpc) is 2.73. The molecule has 9 heteroatoms. The Kier molecular flexibility index (Phi) is 8.16. The van der Waals surface area contributed by atoms with Crippen LogP contribution in [-0.2, 0) is 4.79 Å². The minimum atomic E-state index is -0.585. The number of ether oxygens (including phenoxy) is 2. The number of nitrogens with zero attached hydrogens (tertiary/aromatic N) is 1. The first kappa shape index (κ1) is 22.7. The Labute approximate surface area is 174 Å². The third kappa shape index (κ3) is 6.20. The van der Waals surface area contributed by atoms with E-state index in [1.165, 1.54) is 18.2 Å². The highest BCUT2D eigenvalue weighted by molar-refractivity contribution is 5.97. The molecule has 2 rings (SSSR count). The number of nitro benzene ring substituents is 1. The van der Waals surface area contributed by atoms with Crippen molar-refractivity contribution in [2.24, 2.45) is 0 Å². The van der Waals surface area contributed by atoms with E-state index in [2.05, 4.69) is 10.6 Å². The summed E-state index contributed by atoms with van der Waals surface area (Å²) in [5, 5.41) is 16.1. The molecule has 2 N–H and O–H groups in total. The molecule has 0 aliphatic rings. The van der Waals surface area contributed by atoms with Crippen LogP contribution < -0.4 is 20.1 Å². The van der Waals surface area contributed by atoms with Gasteiger partial charge in [0.1, 0.15) is 0 Å². The van der Waals surface area contributed by atoms with Gasteiger partial charge in [-0.3, -0.25) is 19.7 Å². The second-order valence-corrected chi connectivity index (χ2v) is 6.35. The van der Waals surface area contributed by atoms with Gasteiger partial charge in [0.05, 0.1) is 30.7 Å². The SMILES string of the molecule is CCOc1ccc([C@H](C)NC(=O)CNC(=O)c2cccc([N+](=O)[O-])c2)cc1OCC. The van der Waals surface area contributed by atoms with Gasteiger partial charge in [0.25, 0.3) is 11.6 Å². The summed E-state index contributed by atoms with van der Waals surface area (Å²) in [6.45, 7) is 6.29. The van der Waals surface area contributed by atoms with Crippen molar-refractivity contribution in [1.29, 1.82) is 0 Å². The maximum atomic E-state index is 12.2. The summed E-state index contributed by atoms with van der Waals surface area (Å²) < 4.78 is 11.1. The summed E-state index contributed by atoms with van der Waals surface area (Å²) in [4.78, 5) is 34.6. The zero-order chi connectivity index (χ0) is 22.1. The molecular formula is C21H25N3O6. The third-order valence-electron chi connectivity index (χ3n) is 4.17. The lowest BCUT2D eigenvalue weighted by Crippen LogP contribution is -2.38. The standard InChI is InChI=1S/C21H25N3O6/c1-4-29-18-10-9-15(12-19(18)30-5-2)14(3)23-20(25)13-22-21(26)16-7-6-8-17(11-16)24(27)28/h6-12,14H,4-5,13H2,1-3H3,(H,22,26)(H,23,25)/t14-/m0/s1. The summed E-state index contributed by atoms with van der Waals surface area (Å²) in [6.07, 6.45) is 0. The molecule has 0 saturated carbocycles. The Balaban J connectivity index is 1.96. The highest BCUT2D eigenvalue weighted by atomic mass is 16.6. The summed E-state index contributed by atoms with van der Waals surface area (Å²) in [5.74, 6) is 0.261. The number of amides is 2. The van der Waals surface area contributed by atoms with Gasteiger partial charge in [-0.25, -0.2) is 0 Å². The van der Waals surface area contributed by atoms with E-state index in [9.17, 15) is 19.7 Å². The number of non-ortho nitro benzene ring substituents is 1. The van der Waals surface area contributed by atoms with Crippen molar-refractivity contribution in [1.82, 2.24) is 10.6 Å². The quantitative estimate of drug-likeness (QED) is 0.455. The number of carbonyl (C=O) groups is 2. The van der Waals surface area contributed by atoms with Crippen LogP contribution in [0.5, 0.6) is 11.5 Å². The minimum absolute atomic E-state index is 0.109. The molecule has 2 amide bonds. The van der Waals surface area contributed by atoms with Crippen LogP contribution in [0, 0.1) is 10.1 Å². The van der Waals surface area contributed by atoms with E-state index in [-0.39, 0.29) is 23.8 Å². The fourth-order valence-corrected chi connectivity index (χ4v) is 2.74. The van der Waals surface area contributed by atoms with Crippen molar-refractivity contribution in [2.45, 2.75) is 26.8 Å². The van der Waals surface area contributed by atoms with Gasteiger partial charge in [0, 0.05) is 17.7 Å². The van der Waals surface area contributed by atoms with Gasteiger partial charge in [-0.1, -0.05) is 12.1 Å². The Hall–Kier alpha value is -3.62. The average molecular weight is 415 g/mol. The van der Waals surface area contributed by atoms with E-state index < -0.39 is 16.7 Å². The van der Waals surface area contributed by atoms with Crippen LogP contribution in [0.1, 0.15) is 42.7 Å². The second-order valence-electron chi connectivity index (χ2n) is 6.35. The number of carbonyl (C=O) groups excluding carboxylic acids is 2. The van der Waals surface area contributed by atoms with Crippen LogP contribution in [0.25, 0.3) is 0 Å². The van der Waals surface area contributed by atoms with E-state index in [4.69, 9.17) is 9.47 Å². The summed E-state index contributed by atoms with van der Waals surface area (Å²) in [5.41, 5.74) is 0.736. The molecule has 2 aromatic carbocycles. The molecule has 0 radical (unpaired) electrons. The number of hydrogen-bond donors (Lipinski definition) is 2. The van der Waals surface area contributed by atoms with E-state index in [1.807, 2.05) is 26.8 Å². The Morgan fingerprint density at radius 3 is 2.43 bits per heavy atom. The molecule has 1 atom stereocenters. The first-order chi connectivity index (χ1) is 14.3. The maximum absolute atomic E-state index is 12.2. The fraction of sp³-hybridized carbons (Fsp3) is 0.333. The van der Waals surface area contributed by atoms with Gasteiger partial charge in [-0.2, -0.15) is 0 Å². The van der Waals surface area contributed by atoms with E-state index in [0.717, 1.165) is 11.6 Å². The highest BCUT2D eigenvalue weighted by Gasteiger charge is 2.15. The molecule has 160 valence electrons. The predicted molar refractivity (Wildman–Crippen MR) is 111 cm³/mol. The smallest absolute Gasteiger partial charge is 0.270 e. The first-order valence-corrected chi connectivity index (χ1v) is 9.57. The molecule has 0 bridgehead atoms. The van der Waals surface area contributed by atoms with Crippen molar-refractivity contribution in [2.75, 3.05) is 19.8 Å². The first-order valence-electron chi connectivity index (χ1n) is 9.57. The lowest BCUT2D eigenvalue weighted by molar-refractivity contribution is -0.384. The summed E-state index contributed by atoms with van der Waals surface area (Å²) in [6, 6.07) is 10.4. The third-order valence-corrected chi connectivity index (χ3v) is 4.17. The van der Waals surface area contributed by atoms with Crippen LogP contribution in [0.15, 0.2) is 42.5 Å². The van der Waals surface area contributed by atoms with Crippen molar-refractivity contribution < 1.29 is 24.0 Å². The number of nitro groups is 1. The zero-order valence-corrected chi connectivity index (χ0v) is 17.1. The molecule has 0 fully saturated rings. The molecule has 2 aromatic rings. The van der Waals surface area contributed by atoms with E-state index in [1.54, 1.807) is 12.1 Å². The molecule has 30 heavy (non-hydrogen) atoms. The van der Waals surface area contributed by atoms with Gasteiger partial charge in [-0.15, -0.1) is 0 Å². The van der Waals surface area contributed by atoms with Crippen molar-refractivity contribution >= 4 is 17.5 Å². The number of rotatable bonds is 10. The van der Waals surface area contributed by atoms with Crippen molar-refractivity contribution in [3.63, 3.8) is 0 Å². The number of hydrogen-bond acceptors (Lipinski definition) is 6. The van der Waals surface area contributed by atoms with Gasteiger partial charge in [0.15, 0.2) is 11.5 Å². The van der Waals surface area contributed by atoms with Crippen LogP contribution in [-0.4, -0.2) is 36.5 Å². The van der Waals surface area contributed by atoms with Gasteiger partial charge < -0.3 is 20.1 Å². The zero-order valence-electron chi connectivity index (χ0n) is 17.1. The Morgan fingerprint density at radius 2 is 1.77 bits per heavy atom. The molecule has 0 saturated heterocycles. The van der Waals surface area contributed by atoms with E-state index in [0.29, 0.717) is 24.7 Å². The van der Waals surface area contributed by atoms with Crippen molar-refractivity contribution in [3.8, 4) is 11.5 Å². The van der Waals surface area contributed by atoms with Crippen LogP contribution >= 0.6 is 0 Å². The molecule has 0 heterocycles. The van der Waals surface area contributed by atoms with Gasteiger partial charge >= 0.3 is 0 Å². The summed E-state index contributed by atoms with van der Waals surface area (Å²) >= 11 is 0. The van der Waals surface area contributed by atoms with Crippen LogP contribution in [0.4, 0.5) is 5.69 Å². The molecule has 0 aliphatic heterocycles. The van der Waals surface area contributed by atoms with Crippen LogP contribution in [0.3, 0.4) is 0 Å². The highest BCUT2D eigenvalue weighted by Crippen LogP contribution is 2.30. The lowest BCUT2D eigenvalue weighted by Gasteiger charge is -2.17. The normalized spacial score (nSPS) is 11.3. The monoisotopic (exact) mass is 415 g/mol. The van der Waals surface area contributed by atoms with Crippen molar-refractivity contribution in [3.05, 3.63) is 63.7 Å². The second kappa shape index (κ2) is 10.8. The van der Waals surface area contributed by atoms with Gasteiger partial charge in [0.2, 0.25) is 5.91 Å². The molecule has 0 spiro atoms. The fourth-order valence-electron chi connectivity index (χ4n) is 2.74. The largest absolute Gasteiger partial charge is 0.490 e. The number of benzene rings is 2.